The van der Waals surface area contributed by atoms with Gasteiger partial charge in [-0.05, 0) is 60.6 Å². The summed E-state index contributed by atoms with van der Waals surface area (Å²) >= 11 is 3.02. The van der Waals surface area contributed by atoms with Gasteiger partial charge in [-0.15, -0.1) is 0 Å². The third kappa shape index (κ3) is 3.34. The van der Waals surface area contributed by atoms with E-state index in [1.54, 1.807) is 23.5 Å². The van der Waals surface area contributed by atoms with Crippen molar-refractivity contribution in [3.8, 4) is 11.5 Å². The molecule has 0 spiro atoms. The summed E-state index contributed by atoms with van der Waals surface area (Å²) in [5.41, 5.74) is 2.01. The minimum absolute atomic E-state index is 0.0662. The lowest BCUT2D eigenvalue weighted by atomic mass is 9.93. The molecule has 0 fully saturated rings. The maximum atomic E-state index is 12.6. The number of aryl methyl sites for hydroxylation is 1. The van der Waals surface area contributed by atoms with Crippen LogP contribution >= 0.6 is 23.1 Å². The van der Waals surface area contributed by atoms with Crippen LogP contribution in [0.3, 0.4) is 0 Å². The number of hydrogen-bond donors (Lipinski definition) is 0. The Hall–Kier alpha value is -1.80. The molecule has 0 saturated carbocycles. The van der Waals surface area contributed by atoms with E-state index < -0.39 is 0 Å². The Morgan fingerprint density at radius 3 is 3.04 bits per heavy atom. The largest absolute Gasteiger partial charge is 0.870 e. The van der Waals surface area contributed by atoms with E-state index in [0.29, 0.717) is 24.5 Å². The highest BCUT2D eigenvalue weighted by Crippen LogP contribution is 2.36. The molecule has 8 heteroatoms. The van der Waals surface area contributed by atoms with Crippen LogP contribution in [0.5, 0.6) is 11.5 Å². The Kier molecular flexibility index (Phi) is 4.96. The van der Waals surface area contributed by atoms with Crippen molar-refractivity contribution in [2.75, 3.05) is 19.4 Å². The molecule has 2 aromatic rings. The Morgan fingerprint density at radius 1 is 1.58 bits per heavy atom. The number of methoxy groups -OCH3 is 1. The van der Waals surface area contributed by atoms with Gasteiger partial charge in [0.2, 0.25) is 5.91 Å². The first-order valence-electron chi connectivity index (χ1n) is 7.64. The molecule has 0 radical (unpaired) electrons. The first-order valence-corrected chi connectivity index (χ1v) is 9.45. The van der Waals surface area contributed by atoms with E-state index in [0.717, 1.165) is 20.5 Å². The number of aromatic nitrogens is 2. The Morgan fingerprint density at radius 2 is 2.38 bits per heavy atom. The normalized spacial score (nSPS) is 16.8. The van der Waals surface area contributed by atoms with Gasteiger partial charge in [0.1, 0.15) is 5.75 Å². The molecule has 24 heavy (non-hydrogen) atoms. The summed E-state index contributed by atoms with van der Waals surface area (Å²) in [6.07, 6.45) is 0.696. The molecule has 3 rings (SSSR count). The highest BCUT2D eigenvalue weighted by atomic mass is 32.2. The zero-order valence-electron chi connectivity index (χ0n) is 13.8. The molecule has 1 atom stereocenters. The molecular weight excluding hydrogens is 346 g/mol. The second-order valence-corrected chi connectivity index (χ2v) is 8.08. The lowest BCUT2D eigenvalue weighted by Crippen LogP contribution is -2.40. The van der Waals surface area contributed by atoms with Crippen LogP contribution in [0, 0.1) is 6.92 Å². The van der Waals surface area contributed by atoms with Crippen molar-refractivity contribution in [2.24, 2.45) is 0 Å². The topological polar surface area (TPSA) is 79.6 Å². The van der Waals surface area contributed by atoms with Gasteiger partial charge in [0, 0.05) is 11.6 Å². The van der Waals surface area contributed by atoms with Gasteiger partial charge >= 0.3 is 4.34 Å². The molecule has 6 nitrogen and oxygen atoms in total. The van der Waals surface area contributed by atoms with E-state index in [-0.39, 0.29) is 17.7 Å². The molecule has 1 aromatic carbocycles. The number of nitrogens with one attached hydrogen (secondary N) is 1. The monoisotopic (exact) mass is 365 g/mol. The summed E-state index contributed by atoms with van der Waals surface area (Å²) in [7, 11) is 1.49. The smallest absolute Gasteiger partial charge is 0.322 e. The van der Waals surface area contributed by atoms with Gasteiger partial charge in [-0.3, -0.25) is 4.79 Å². The Bertz CT molecular complexity index is 763. The number of ether oxygens (including phenoxy) is 1. The van der Waals surface area contributed by atoms with Gasteiger partial charge < -0.3 is 14.7 Å². The average Bonchev–Trinajstić information content (AvgIpc) is 2.98. The van der Waals surface area contributed by atoms with Gasteiger partial charge in [0.25, 0.3) is 0 Å². The molecule has 0 aliphatic carbocycles. The lowest BCUT2D eigenvalue weighted by molar-refractivity contribution is -0.489. The van der Waals surface area contributed by atoms with Crippen molar-refractivity contribution >= 4 is 29.0 Å². The molecule has 1 unspecified atom stereocenters. The van der Waals surface area contributed by atoms with E-state index in [1.807, 2.05) is 18.7 Å². The van der Waals surface area contributed by atoms with Crippen LogP contribution in [0.15, 0.2) is 16.5 Å². The summed E-state index contributed by atoms with van der Waals surface area (Å²) in [5, 5.41) is 19.8. The van der Waals surface area contributed by atoms with Crippen molar-refractivity contribution in [1.82, 2.24) is 10.00 Å². The zero-order valence-corrected chi connectivity index (χ0v) is 15.4. The number of nitrogens with zero attached hydrogens (tertiary/aromatic N) is 2. The van der Waals surface area contributed by atoms with Crippen molar-refractivity contribution in [1.29, 1.82) is 0 Å². The highest BCUT2D eigenvalue weighted by molar-refractivity contribution is 8.01. The number of aromatic amines is 1. The average molecular weight is 365 g/mol. The quantitative estimate of drug-likeness (QED) is 0.769. The van der Waals surface area contributed by atoms with Crippen LogP contribution in [-0.4, -0.2) is 35.3 Å². The number of amides is 1. The minimum Gasteiger partial charge on any atom is -0.870 e. The van der Waals surface area contributed by atoms with Gasteiger partial charge in [-0.1, -0.05) is 16.9 Å². The molecule has 128 valence electrons. The van der Waals surface area contributed by atoms with Gasteiger partial charge in [-0.2, -0.15) is 0 Å². The predicted octanol–water partition coefficient (Wildman–Crippen LogP) is 1.59. The fourth-order valence-electron chi connectivity index (χ4n) is 2.90. The van der Waals surface area contributed by atoms with E-state index in [2.05, 4.69) is 10.2 Å². The number of hydrogen-bond acceptors (Lipinski definition) is 6. The zero-order chi connectivity index (χ0) is 17.3. The molecule has 2 heterocycles. The van der Waals surface area contributed by atoms with Crippen LogP contribution in [0.1, 0.15) is 29.1 Å². The molecule has 1 amide bonds. The number of rotatable bonds is 4. The number of thioether (sulfide) groups is 1. The number of carbonyl (C=O) groups is 1. The van der Waals surface area contributed by atoms with E-state index in [9.17, 15) is 9.90 Å². The van der Waals surface area contributed by atoms with Crippen LogP contribution in [-0.2, 0) is 11.2 Å². The van der Waals surface area contributed by atoms with E-state index in [4.69, 9.17) is 4.74 Å². The first-order chi connectivity index (χ1) is 11.5. The summed E-state index contributed by atoms with van der Waals surface area (Å²) in [5.74, 6) is 0.686. The summed E-state index contributed by atoms with van der Waals surface area (Å²) in [6.45, 7) is 4.55. The maximum absolute atomic E-state index is 12.6. The third-order valence-electron chi connectivity index (χ3n) is 4.16. The summed E-state index contributed by atoms with van der Waals surface area (Å²) in [6, 6.07) is 3.34. The molecule has 1 aromatic heterocycles. The standard InChI is InChI=1S/C16H19N3O3S2/c1-9-12-7-14(22-3)13(20)6-11(12)4-5-19(9)15(21)8-23-16-18-17-10(2)24-16/h6-7,9,20H,4-5,8H2,1-3H3. The van der Waals surface area contributed by atoms with E-state index in [1.165, 1.54) is 18.9 Å². The maximum Gasteiger partial charge on any atom is 0.322 e. The van der Waals surface area contributed by atoms with Crippen LogP contribution in [0.4, 0.5) is 0 Å². The third-order valence-corrected chi connectivity index (χ3v) is 6.17. The van der Waals surface area contributed by atoms with Crippen LogP contribution < -0.4 is 14.9 Å². The van der Waals surface area contributed by atoms with Crippen molar-refractivity contribution < 1.29 is 19.7 Å². The predicted molar refractivity (Wildman–Crippen MR) is 90.4 cm³/mol. The summed E-state index contributed by atoms with van der Waals surface area (Å²) < 4.78 is 6.07. The van der Waals surface area contributed by atoms with E-state index >= 15 is 0 Å². The molecule has 1 aliphatic rings. The first kappa shape index (κ1) is 17.0. The summed E-state index contributed by atoms with van der Waals surface area (Å²) in [4.78, 5) is 14.5. The van der Waals surface area contributed by atoms with Crippen molar-refractivity contribution in [3.63, 3.8) is 0 Å². The number of fused-ring (bicyclic) bond motifs is 1. The fourth-order valence-corrected chi connectivity index (χ4v) is 4.66. The Balaban J connectivity index is 1.72. The number of H-pyrrole nitrogens is 1. The van der Waals surface area contributed by atoms with Gasteiger partial charge in [0.15, 0.2) is 5.01 Å². The SMILES string of the molecule is COc1cc2c(cc1[O-])CCN(C(=O)CSc1[nH+]nc(C)s1)C2C. The Labute approximate surface area is 148 Å². The fraction of sp³-hybridized carbons (Fsp3) is 0.438. The molecule has 1 aliphatic heterocycles. The highest BCUT2D eigenvalue weighted by Gasteiger charge is 2.28. The second-order valence-electron chi connectivity index (χ2n) is 5.64. The molecule has 0 bridgehead atoms. The molecule has 1 N–H and O–H groups in total. The van der Waals surface area contributed by atoms with Crippen molar-refractivity contribution in [3.05, 3.63) is 28.3 Å². The molecule has 0 saturated heterocycles. The molecular formula is C16H19N3O3S2. The lowest BCUT2D eigenvalue weighted by Gasteiger charge is -2.36. The van der Waals surface area contributed by atoms with Gasteiger partial charge in [0.05, 0.1) is 18.9 Å². The minimum atomic E-state index is -0.102. The number of benzene rings is 1. The van der Waals surface area contributed by atoms with Crippen molar-refractivity contribution in [2.45, 2.75) is 30.6 Å². The van der Waals surface area contributed by atoms with Crippen LogP contribution in [0.25, 0.3) is 0 Å². The van der Waals surface area contributed by atoms with Gasteiger partial charge in [-0.25, -0.2) is 0 Å². The van der Waals surface area contributed by atoms with Crippen LogP contribution in [0.2, 0.25) is 0 Å². The number of carbonyl (C=O) groups excluding carboxylic acids is 1. The second kappa shape index (κ2) is 6.98.